The molecular formula is C17H23NO3. The van der Waals surface area contributed by atoms with E-state index in [1.165, 1.54) is 32.1 Å². The van der Waals surface area contributed by atoms with E-state index in [4.69, 9.17) is 4.74 Å². The molecule has 21 heavy (non-hydrogen) atoms. The summed E-state index contributed by atoms with van der Waals surface area (Å²) in [5.41, 5.74) is 1.22. The molecule has 2 aliphatic rings. The summed E-state index contributed by atoms with van der Waals surface area (Å²) in [4.78, 5) is 13.7. The summed E-state index contributed by atoms with van der Waals surface area (Å²) >= 11 is 0. The van der Waals surface area contributed by atoms with Gasteiger partial charge in [-0.3, -0.25) is 0 Å². The van der Waals surface area contributed by atoms with E-state index in [0.29, 0.717) is 24.3 Å². The fraction of sp³-hybridized carbons (Fsp3) is 0.588. The second-order valence-electron chi connectivity index (χ2n) is 6.14. The molecule has 4 nitrogen and oxygen atoms in total. The molecule has 1 heterocycles. The van der Waals surface area contributed by atoms with E-state index in [0.717, 1.165) is 12.2 Å². The molecule has 0 amide bonds. The molecule has 114 valence electrons. The van der Waals surface area contributed by atoms with Crippen molar-refractivity contribution >= 4 is 11.7 Å². The first-order chi connectivity index (χ1) is 10.2. The van der Waals surface area contributed by atoms with Crippen LogP contribution >= 0.6 is 0 Å². The molecule has 0 radical (unpaired) electrons. The maximum Gasteiger partial charge on any atom is 0.339 e. The smallest absolute Gasteiger partial charge is 0.339 e. The van der Waals surface area contributed by atoms with Crippen LogP contribution in [0.25, 0.3) is 0 Å². The van der Waals surface area contributed by atoms with E-state index >= 15 is 0 Å². The van der Waals surface area contributed by atoms with Crippen molar-refractivity contribution < 1.29 is 14.6 Å². The van der Waals surface area contributed by atoms with Gasteiger partial charge in [-0.25, -0.2) is 4.79 Å². The molecule has 0 saturated heterocycles. The molecule has 1 aromatic rings. The second-order valence-corrected chi connectivity index (χ2v) is 6.14. The van der Waals surface area contributed by atoms with Crippen molar-refractivity contribution in [3.8, 4) is 5.75 Å². The molecule has 1 aliphatic heterocycles. The Morgan fingerprint density at radius 2 is 2.10 bits per heavy atom. The van der Waals surface area contributed by atoms with Gasteiger partial charge < -0.3 is 14.7 Å². The largest absolute Gasteiger partial charge is 0.489 e. The van der Waals surface area contributed by atoms with E-state index in [-0.39, 0.29) is 5.56 Å². The van der Waals surface area contributed by atoms with Crippen molar-refractivity contribution in [2.45, 2.75) is 45.1 Å². The fourth-order valence-electron chi connectivity index (χ4n) is 3.73. The molecule has 1 aromatic carbocycles. The highest BCUT2D eigenvalue weighted by Crippen LogP contribution is 2.39. The van der Waals surface area contributed by atoms with Gasteiger partial charge in [0.05, 0.1) is 12.2 Å². The van der Waals surface area contributed by atoms with Gasteiger partial charge in [0.15, 0.2) is 5.75 Å². The molecular weight excluding hydrogens is 266 g/mol. The summed E-state index contributed by atoms with van der Waals surface area (Å²) in [7, 11) is 0. The van der Waals surface area contributed by atoms with Crippen LogP contribution in [0.15, 0.2) is 18.2 Å². The topological polar surface area (TPSA) is 49.8 Å². The standard InChI is InChI=1S/C17H23NO3/c1-12(13-6-3-2-4-7-13)18-10-11-21-16-14(17(19)20)8-5-9-15(16)18/h5,8-9,12-13H,2-4,6-7,10-11H2,1H3,(H,19,20). The number of hydrogen-bond donors (Lipinski definition) is 1. The van der Waals surface area contributed by atoms with Crippen LogP contribution in [0.5, 0.6) is 5.75 Å². The monoisotopic (exact) mass is 289 g/mol. The number of aromatic carboxylic acids is 1. The van der Waals surface area contributed by atoms with Gasteiger partial charge in [0, 0.05) is 6.04 Å². The number of nitrogens with zero attached hydrogens (tertiary/aromatic N) is 1. The number of hydrogen-bond acceptors (Lipinski definition) is 3. The lowest BCUT2D eigenvalue weighted by atomic mass is 9.83. The highest BCUT2D eigenvalue weighted by atomic mass is 16.5. The molecule has 0 bridgehead atoms. The third-order valence-corrected chi connectivity index (χ3v) is 4.94. The van der Waals surface area contributed by atoms with Crippen molar-refractivity contribution in [3.05, 3.63) is 23.8 Å². The minimum Gasteiger partial charge on any atom is -0.489 e. The Labute approximate surface area is 125 Å². The second kappa shape index (κ2) is 5.96. The van der Waals surface area contributed by atoms with Gasteiger partial charge in [-0.15, -0.1) is 0 Å². The summed E-state index contributed by atoms with van der Waals surface area (Å²) in [5.74, 6) is 0.330. The van der Waals surface area contributed by atoms with Crippen LogP contribution < -0.4 is 9.64 Å². The normalized spacial score (nSPS) is 20.5. The lowest BCUT2D eigenvalue weighted by Crippen LogP contribution is -2.44. The fourth-order valence-corrected chi connectivity index (χ4v) is 3.73. The van der Waals surface area contributed by atoms with Crippen molar-refractivity contribution in [3.63, 3.8) is 0 Å². The van der Waals surface area contributed by atoms with Gasteiger partial charge in [0.1, 0.15) is 12.2 Å². The quantitative estimate of drug-likeness (QED) is 0.924. The number of carboxylic acids is 1. The highest BCUT2D eigenvalue weighted by molar-refractivity contribution is 5.93. The highest BCUT2D eigenvalue weighted by Gasteiger charge is 2.30. The number of para-hydroxylation sites is 1. The Morgan fingerprint density at radius 3 is 2.81 bits per heavy atom. The van der Waals surface area contributed by atoms with Crippen molar-refractivity contribution in [1.82, 2.24) is 0 Å². The molecule has 0 spiro atoms. The van der Waals surface area contributed by atoms with Gasteiger partial charge in [0.2, 0.25) is 0 Å². The lowest BCUT2D eigenvalue weighted by Gasteiger charge is -2.41. The van der Waals surface area contributed by atoms with E-state index < -0.39 is 5.97 Å². The van der Waals surface area contributed by atoms with E-state index in [1.807, 2.05) is 12.1 Å². The summed E-state index contributed by atoms with van der Waals surface area (Å²) in [5, 5.41) is 9.32. The SMILES string of the molecule is CC(C1CCCCC1)N1CCOc2c(C(=O)O)cccc21. The number of rotatable bonds is 3. The zero-order valence-electron chi connectivity index (χ0n) is 12.5. The molecule has 0 aromatic heterocycles. The van der Waals surface area contributed by atoms with Crippen molar-refractivity contribution in [2.75, 3.05) is 18.1 Å². The van der Waals surface area contributed by atoms with E-state index in [9.17, 15) is 9.90 Å². The van der Waals surface area contributed by atoms with Crippen LogP contribution in [0.1, 0.15) is 49.4 Å². The number of ether oxygens (including phenoxy) is 1. The van der Waals surface area contributed by atoms with Gasteiger partial charge in [-0.05, 0) is 37.8 Å². The molecule has 1 saturated carbocycles. The summed E-state index contributed by atoms with van der Waals surface area (Å²) in [6.45, 7) is 3.68. The minimum absolute atomic E-state index is 0.271. The number of carbonyl (C=O) groups is 1. The minimum atomic E-state index is -0.918. The zero-order chi connectivity index (χ0) is 14.8. The van der Waals surface area contributed by atoms with Crippen LogP contribution in [0.3, 0.4) is 0 Å². The lowest BCUT2D eigenvalue weighted by molar-refractivity contribution is 0.0691. The van der Waals surface area contributed by atoms with E-state index in [1.54, 1.807) is 6.07 Å². The Morgan fingerprint density at radius 1 is 1.33 bits per heavy atom. The van der Waals surface area contributed by atoms with E-state index in [2.05, 4.69) is 11.8 Å². The predicted molar refractivity (Wildman–Crippen MR) is 82.3 cm³/mol. The first-order valence-electron chi connectivity index (χ1n) is 7.94. The van der Waals surface area contributed by atoms with Crippen LogP contribution in [0, 0.1) is 5.92 Å². The summed E-state index contributed by atoms with van der Waals surface area (Å²) < 4.78 is 5.66. The Kier molecular flexibility index (Phi) is 4.04. The molecule has 4 heteroatoms. The third-order valence-electron chi connectivity index (χ3n) is 4.94. The molecule has 1 atom stereocenters. The maximum atomic E-state index is 11.4. The average molecular weight is 289 g/mol. The van der Waals surface area contributed by atoms with Crippen molar-refractivity contribution in [2.24, 2.45) is 5.92 Å². The summed E-state index contributed by atoms with van der Waals surface area (Å²) in [6, 6.07) is 5.87. The first-order valence-corrected chi connectivity index (χ1v) is 7.94. The van der Waals surface area contributed by atoms with Crippen LogP contribution in [0.2, 0.25) is 0 Å². The van der Waals surface area contributed by atoms with Crippen LogP contribution in [-0.4, -0.2) is 30.3 Å². The number of fused-ring (bicyclic) bond motifs is 1. The number of benzene rings is 1. The van der Waals surface area contributed by atoms with Gasteiger partial charge in [-0.1, -0.05) is 25.3 Å². The Hall–Kier alpha value is -1.71. The van der Waals surface area contributed by atoms with Crippen molar-refractivity contribution in [1.29, 1.82) is 0 Å². The number of carboxylic acid groups (broad SMARTS) is 1. The Bertz CT molecular complexity index is 523. The van der Waals surface area contributed by atoms with Crippen LogP contribution in [-0.2, 0) is 0 Å². The van der Waals surface area contributed by atoms with Gasteiger partial charge in [0.25, 0.3) is 0 Å². The molecule has 1 N–H and O–H groups in total. The molecule has 3 rings (SSSR count). The van der Waals surface area contributed by atoms with Gasteiger partial charge >= 0.3 is 5.97 Å². The molecule has 1 aliphatic carbocycles. The summed E-state index contributed by atoms with van der Waals surface area (Å²) in [6.07, 6.45) is 6.56. The third kappa shape index (κ3) is 2.71. The van der Waals surface area contributed by atoms with Crippen LogP contribution in [0.4, 0.5) is 5.69 Å². The number of anilines is 1. The molecule has 1 unspecified atom stereocenters. The maximum absolute atomic E-state index is 11.4. The zero-order valence-corrected chi connectivity index (χ0v) is 12.5. The predicted octanol–water partition coefficient (Wildman–Crippen LogP) is 3.55. The average Bonchev–Trinajstić information content (AvgIpc) is 2.53. The Balaban J connectivity index is 1.89. The van der Waals surface area contributed by atoms with Gasteiger partial charge in [-0.2, -0.15) is 0 Å². The first kappa shape index (κ1) is 14.2. The molecule has 1 fully saturated rings.